The number of nitrogens with one attached hydrogen (secondary N) is 5. The first-order chi connectivity index (χ1) is 30.2. The Labute approximate surface area is 366 Å². The van der Waals surface area contributed by atoms with Gasteiger partial charge in [0.25, 0.3) is 10.0 Å². The maximum atomic E-state index is 13.5. The molecule has 3 aromatic rings. The first kappa shape index (κ1) is 49.1. The molecule has 4 rings (SSSR count). The molecule has 4 amide bonds. The van der Waals surface area contributed by atoms with Gasteiger partial charge < -0.3 is 46.3 Å². The van der Waals surface area contributed by atoms with Gasteiger partial charge >= 0.3 is 18.0 Å². The van der Waals surface area contributed by atoms with E-state index in [1.54, 1.807) is 66.7 Å². The molecule has 0 heterocycles. The molecule has 19 nitrogen and oxygen atoms in total. The van der Waals surface area contributed by atoms with Gasteiger partial charge in [0.15, 0.2) is 6.04 Å². The predicted octanol–water partition coefficient (Wildman–Crippen LogP) is 2.32. The molecule has 1 aliphatic rings. The molecule has 1 saturated carbocycles. The number of carbonyl (C=O) groups excluding carboxylic acids is 5. The third-order valence-electron chi connectivity index (χ3n) is 9.63. The molecule has 1 fully saturated rings. The van der Waals surface area contributed by atoms with Crippen LogP contribution in [-0.4, -0.2) is 99.2 Å². The van der Waals surface area contributed by atoms with Crippen LogP contribution in [0.15, 0.2) is 94.8 Å². The van der Waals surface area contributed by atoms with Crippen LogP contribution in [0.4, 0.5) is 4.79 Å². The number of hydrogen-bond acceptors (Lipinski definition) is 12. The van der Waals surface area contributed by atoms with E-state index in [1.165, 1.54) is 12.1 Å². The second kappa shape index (κ2) is 25.4. The highest BCUT2D eigenvalue weighted by Gasteiger charge is 2.31. The van der Waals surface area contributed by atoms with Crippen LogP contribution in [-0.2, 0) is 61.4 Å². The van der Waals surface area contributed by atoms with Crippen LogP contribution in [0.1, 0.15) is 68.1 Å². The average Bonchev–Trinajstić information content (AvgIpc) is 3.26. The Kier molecular flexibility index (Phi) is 19.8. The number of nitrogens with two attached hydrogens (primary N) is 1. The predicted molar refractivity (Wildman–Crippen MR) is 229 cm³/mol. The number of carbonyl (C=O) groups is 6. The first-order valence-corrected chi connectivity index (χ1v) is 21.9. The zero-order valence-electron chi connectivity index (χ0n) is 35.0. The number of ether oxygens (including phenoxy) is 3. The van der Waals surface area contributed by atoms with Gasteiger partial charge in [0.1, 0.15) is 24.8 Å². The lowest BCUT2D eigenvalue weighted by molar-refractivity contribution is -0.152. The van der Waals surface area contributed by atoms with Crippen molar-refractivity contribution in [2.45, 2.75) is 101 Å². The number of esters is 1. The van der Waals surface area contributed by atoms with Crippen molar-refractivity contribution < 1.29 is 56.5 Å². The van der Waals surface area contributed by atoms with Crippen molar-refractivity contribution in [1.29, 1.82) is 0 Å². The normalized spacial score (nSPS) is 14.5. The van der Waals surface area contributed by atoms with Crippen LogP contribution in [0.2, 0.25) is 0 Å². The van der Waals surface area contributed by atoms with Gasteiger partial charge in [-0.2, -0.15) is 0 Å². The minimum Gasteiger partial charge on any atom is -0.480 e. The van der Waals surface area contributed by atoms with E-state index < -0.39 is 89.4 Å². The molecule has 0 bridgehead atoms. The summed E-state index contributed by atoms with van der Waals surface area (Å²) in [6, 6.07) is 19.3. The van der Waals surface area contributed by atoms with E-state index in [-0.39, 0.29) is 43.6 Å². The molecule has 20 heteroatoms. The van der Waals surface area contributed by atoms with Gasteiger partial charge in [-0.05, 0) is 68.7 Å². The fourth-order valence-electron chi connectivity index (χ4n) is 6.26. The molecular formula is C43H55N7O12S. The Morgan fingerprint density at radius 1 is 0.794 bits per heavy atom. The number of guanidine groups is 1. The molecule has 0 unspecified atom stereocenters. The monoisotopic (exact) mass is 893 g/mol. The van der Waals surface area contributed by atoms with Crippen LogP contribution in [0, 0.1) is 6.92 Å². The fourth-order valence-corrected chi connectivity index (χ4v) is 7.21. The van der Waals surface area contributed by atoms with Gasteiger partial charge in [0.05, 0.1) is 31.1 Å². The van der Waals surface area contributed by atoms with Gasteiger partial charge in [-0.15, -0.1) is 0 Å². The molecule has 3 atom stereocenters. The SMILES string of the molecule is Cc1ccc(S(=O)(=O)NC(N)=NCCC[C@H](NC(=O)OCc2ccccc2)C(=O)NCC(=O)N[C@@H](CC(=O)OC2CCCCC2)C(=O)N[C@@H](COCc2ccccc2)C(=O)O)cc1. The van der Waals surface area contributed by atoms with Crippen LogP contribution in [0.3, 0.4) is 0 Å². The lowest BCUT2D eigenvalue weighted by Crippen LogP contribution is -2.55. The van der Waals surface area contributed by atoms with E-state index in [1.807, 2.05) is 13.0 Å². The highest BCUT2D eigenvalue weighted by atomic mass is 32.2. The van der Waals surface area contributed by atoms with E-state index in [0.29, 0.717) is 18.4 Å². The van der Waals surface area contributed by atoms with Crippen LogP contribution in [0.25, 0.3) is 0 Å². The summed E-state index contributed by atoms with van der Waals surface area (Å²) in [5.41, 5.74) is 8.14. The summed E-state index contributed by atoms with van der Waals surface area (Å²) in [6.45, 7) is 0.525. The van der Waals surface area contributed by atoms with Gasteiger partial charge in [-0.1, -0.05) is 84.8 Å². The van der Waals surface area contributed by atoms with E-state index >= 15 is 0 Å². The molecule has 0 aliphatic heterocycles. The fraction of sp³-hybridized carbons (Fsp3) is 0.419. The Bertz CT molecular complexity index is 2120. The van der Waals surface area contributed by atoms with Crippen molar-refractivity contribution in [3.05, 3.63) is 102 Å². The van der Waals surface area contributed by atoms with Gasteiger partial charge in [-0.3, -0.25) is 24.2 Å². The van der Waals surface area contributed by atoms with E-state index in [4.69, 9.17) is 19.9 Å². The third-order valence-corrected chi connectivity index (χ3v) is 11.0. The van der Waals surface area contributed by atoms with Gasteiger partial charge in [-0.25, -0.2) is 22.7 Å². The van der Waals surface area contributed by atoms with Crippen LogP contribution in [0.5, 0.6) is 0 Å². The Balaban J connectivity index is 1.38. The lowest BCUT2D eigenvalue weighted by Gasteiger charge is -2.24. The number of aliphatic carboxylic acids is 1. The summed E-state index contributed by atoms with van der Waals surface area (Å²) in [5.74, 6) is -5.38. The maximum Gasteiger partial charge on any atom is 0.408 e. The second-order valence-electron chi connectivity index (χ2n) is 14.8. The molecule has 0 aromatic heterocycles. The minimum absolute atomic E-state index is 0.0230. The smallest absolute Gasteiger partial charge is 0.408 e. The zero-order chi connectivity index (χ0) is 45.6. The third kappa shape index (κ3) is 18.1. The largest absolute Gasteiger partial charge is 0.480 e. The minimum atomic E-state index is -4.02. The topological polar surface area (TPSA) is 283 Å². The zero-order valence-corrected chi connectivity index (χ0v) is 35.8. The summed E-state index contributed by atoms with van der Waals surface area (Å²) in [6.07, 6.45) is 2.07. The lowest BCUT2D eigenvalue weighted by atomic mass is 9.98. The van der Waals surface area contributed by atoms with Crippen molar-refractivity contribution >= 4 is 51.7 Å². The number of aryl methyl sites for hydroxylation is 1. The van der Waals surface area contributed by atoms with Crippen molar-refractivity contribution in [3.63, 3.8) is 0 Å². The number of rotatable bonds is 23. The number of alkyl carbamates (subject to hydrolysis) is 1. The number of sulfonamides is 1. The van der Waals surface area contributed by atoms with E-state index in [9.17, 15) is 42.3 Å². The number of nitrogens with zero attached hydrogens (tertiary/aromatic N) is 1. The summed E-state index contributed by atoms with van der Waals surface area (Å²) >= 11 is 0. The Morgan fingerprint density at radius 3 is 2.06 bits per heavy atom. The molecule has 1 aliphatic carbocycles. The molecule has 63 heavy (non-hydrogen) atoms. The molecular weight excluding hydrogens is 839 g/mol. The molecule has 0 radical (unpaired) electrons. The van der Waals surface area contributed by atoms with Gasteiger partial charge in [0.2, 0.25) is 23.7 Å². The Morgan fingerprint density at radius 2 is 1.43 bits per heavy atom. The van der Waals surface area contributed by atoms with Crippen molar-refractivity contribution in [2.75, 3.05) is 19.7 Å². The second-order valence-corrected chi connectivity index (χ2v) is 16.5. The van der Waals surface area contributed by atoms with Crippen molar-refractivity contribution in [3.8, 4) is 0 Å². The standard InChI is InChI=1S/C43H55N7O12S/c1-29-19-21-33(22-20-29)63(58,59)50-42(44)45-23-11-18-34(49-43(57)61-27-31-14-7-3-8-15-31)39(53)46-25-37(51)47-35(24-38(52)62-32-16-9-4-10-17-32)40(54)48-36(41(55)56)28-60-26-30-12-5-2-6-13-30/h2-3,5-8,12-15,19-22,32,34-36H,4,9-11,16-18,23-28H2,1H3,(H,46,53)(H,47,51)(H,48,54)(H,49,57)(H,55,56)(H3,44,45,50)/t34-,35-,36-/m0/s1. The van der Waals surface area contributed by atoms with Crippen LogP contribution >= 0.6 is 0 Å². The summed E-state index contributed by atoms with van der Waals surface area (Å²) in [5, 5.41) is 19.4. The number of carboxylic acid groups (broad SMARTS) is 1. The average molecular weight is 894 g/mol. The van der Waals surface area contributed by atoms with Crippen molar-refractivity contribution in [1.82, 2.24) is 26.0 Å². The maximum absolute atomic E-state index is 13.5. The summed E-state index contributed by atoms with van der Waals surface area (Å²) in [7, 11) is -4.02. The molecule has 0 saturated heterocycles. The van der Waals surface area contributed by atoms with Gasteiger partial charge in [0, 0.05) is 6.54 Å². The molecule has 340 valence electrons. The number of hydrogen-bond donors (Lipinski definition) is 7. The molecule has 3 aromatic carbocycles. The van der Waals surface area contributed by atoms with E-state index in [0.717, 1.165) is 30.4 Å². The quantitative estimate of drug-likeness (QED) is 0.0312. The number of benzene rings is 3. The first-order valence-electron chi connectivity index (χ1n) is 20.5. The molecule has 8 N–H and O–H groups in total. The van der Waals surface area contributed by atoms with Crippen LogP contribution < -0.4 is 31.7 Å². The highest BCUT2D eigenvalue weighted by Crippen LogP contribution is 2.21. The summed E-state index contributed by atoms with van der Waals surface area (Å²) in [4.78, 5) is 82.1. The number of amides is 4. The number of carboxylic acids is 1. The highest BCUT2D eigenvalue weighted by molar-refractivity contribution is 7.90. The van der Waals surface area contributed by atoms with Crippen molar-refractivity contribution in [2.24, 2.45) is 10.7 Å². The Hall–Kier alpha value is -6.54. The number of aliphatic imine (C=N–C) groups is 1. The molecule has 0 spiro atoms. The summed E-state index contributed by atoms with van der Waals surface area (Å²) < 4.78 is 43.9. The van der Waals surface area contributed by atoms with E-state index in [2.05, 4.69) is 31.0 Å².